The number of aliphatic hydroxyl groups is 3. The molecule has 0 heterocycles. The summed E-state index contributed by atoms with van der Waals surface area (Å²) in [7, 11) is 0. The van der Waals surface area contributed by atoms with Crippen LogP contribution in [0.2, 0.25) is 0 Å². The summed E-state index contributed by atoms with van der Waals surface area (Å²) in [5, 5.41) is 28.3. The molecule has 0 aromatic rings. The molecule has 0 spiro atoms. The minimum atomic E-state index is 0.339. The van der Waals surface area contributed by atoms with Crippen molar-refractivity contribution in [1.82, 2.24) is 0 Å². The van der Waals surface area contributed by atoms with Crippen molar-refractivity contribution in [3.8, 4) is 0 Å². The highest BCUT2D eigenvalue weighted by molar-refractivity contribution is 5.04. The standard InChI is InChI=1S/C40H80O3/c1-3-5-7-9-11-19-28-38-29-27-32-39(30-20-13-16-24-35-41,31-21-14-17-25-36-42)40(38,34-23-15-18-26-37-43)33-22-12-10-8-6-4-2/h38,41-43H,3-37H2,1-2H3. The van der Waals surface area contributed by atoms with Crippen molar-refractivity contribution in [3.05, 3.63) is 0 Å². The lowest BCUT2D eigenvalue weighted by Gasteiger charge is -2.60. The molecule has 1 saturated carbocycles. The summed E-state index contributed by atoms with van der Waals surface area (Å²) in [4.78, 5) is 0. The predicted molar refractivity (Wildman–Crippen MR) is 189 cm³/mol. The van der Waals surface area contributed by atoms with E-state index < -0.39 is 0 Å². The molecule has 1 aliphatic carbocycles. The summed E-state index contributed by atoms with van der Waals surface area (Å²) in [5.74, 6) is 0.885. The molecule has 2 unspecified atom stereocenters. The average Bonchev–Trinajstić information content (AvgIpc) is 3.01. The average molecular weight is 609 g/mol. The van der Waals surface area contributed by atoms with Crippen LogP contribution in [0.25, 0.3) is 0 Å². The lowest BCUT2D eigenvalue weighted by molar-refractivity contribution is -0.100. The Hall–Kier alpha value is -0.120. The molecule has 43 heavy (non-hydrogen) atoms. The van der Waals surface area contributed by atoms with Gasteiger partial charge in [0.2, 0.25) is 0 Å². The van der Waals surface area contributed by atoms with E-state index in [-0.39, 0.29) is 0 Å². The van der Waals surface area contributed by atoms with Crippen molar-refractivity contribution in [2.45, 2.75) is 219 Å². The van der Waals surface area contributed by atoms with Crippen LogP contribution in [-0.4, -0.2) is 35.1 Å². The Kier molecular flexibility index (Phi) is 26.8. The largest absolute Gasteiger partial charge is 0.396 e. The number of unbranched alkanes of at least 4 members (excludes halogenated alkanes) is 19. The van der Waals surface area contributed by atoms with Crippen molar-refractivity contribution in [2.75, 3.05) is 19.8 Å². The maximum Gasteiger partial charge on any atom is 0.0431 e. The van der Waals surface area contributed by atoms with Gasteiger partial charge in [-0.2, -0.15) is 0 Å². The molecule has 0 aliphatic heterocycles. The molecule has 1 fully saturated rings. The molecule has 0 radical (unpaired) electrons. The van der Waals surface area contributed by atoms with E-state index in [4.69, 9.17) is 0 Å². The smallest absolute Gasteiger partial charge is 0.0431 e. The van der Waals surface area contributed by atoms with Crippen LogP contribution >= 0.6 is 0 Å². The molecule has 258 valence electrons. The Morgan fingerprint density at radius 2 is 0.814 bits per heavy atom. The molecule has 1 rings (SSSR count). The second kappa shape index (κ2) is 28.1. The van der Waals surface area contributed by atoms with E-state index in [0.717, 1.165) is 25.2 Å². The van der Waals surface area contributed by atoms with Gasteiger partial charge in [0, 0.05) is 19.8 Å². The highest BCUT2D eigenvalue weighted by Crippen LogP contribution is 2.64. The van der Waals surface area contributed by atoms with Crippen LogP contribution in [0.15, 0.2) is 0 Å². The van der Waals surface area contributed by atoms with E-state index in [1.807, 2.05) is 0 Å². The fourth-order valence-electron chi connectivity index (χ4n) is 9.16. The van der Waals surface area contributed by atoms with Crippen LogP contribution < -0.4 is 0 Å². The van der Waals surface area contributed by atoms with Gasteiger partial charge in [-0.3, -0.25) is 0 Å². The third-order valence-electron chi connectivity index (χ3n) is 11.6. The molecule has 0 amide bonds. The zero-order valence-electron chi connectivity index (χ0n) is 29.7. The molecule has 0 aromatic carbocycles. The molecule has 0 saturated heterocycles. The molecule has 3 nitrogen and oxygen atoms in total. The summed E-state index contributed by atoms with van der Waals surface area (Å²) >= 11 is 0. The monoisotopic (exact) mass is 609 g/mol. The minimum Gasteiger partial charge on any atom is -0.396 e. The highest BCUT2D eigenvalue weighted by Gasteiger charge is 2.54. The maximum atomic E-state index is 9.46. The third-order valence-corrected chi connectivity index (χ3v) is 11.6. The van der Waals surface area contributed by atoms with Crippen LogP contribution in [-0.2, 0) is 0 Å². The third kappa shape index (κ3) is 16.8. The minimum absolute atomic E-state index is 0.339. The Morgan fingerprint density at radius 1 is 0.442 bits per heavy atom. The van der Waals surface area contributed by atoms with E-state index in [1.165, 1.54) is 186 Å². The molecule has 0 aromatic heterocycles. The van der Waals surface area contributed by atoms with E-state index in [0.29, 0.717) is 30.7 Å². The van der Waals surface area contributed by atoms with Crippen molar-refractivity contribution in [2.24, 2.45) is 16.7 Å². The fourth-order valence-corrected chi connectivity index (χ4v) is 9.16. The lowest BCUT2D eigenvalue weighted by Crippen LogP contribution is -2.50. The van der Waals surface area contributed by atoms with Crippen LogP contribution in [0.1, 0.15) is 219 Å². The van der Waals surface area contributed by atoms with Gasteiger partial charge in [-0.15, -0.1) is 0 Å². The second-order valence-electron chi connectivity index (χ2n) is 14.8. The lowest BCUT2D eigenvalue weighted by atomic mass is 9.45. The summed E-state index contributed by atoms with van der Waals surface area (Å²) < 4.78 is 0. The first-order chi connectivity index (χ1) is 21.2. The van der Waals surface area contributed by atoms with E-state index >= 15 is 0 Å². The predicted octanol–water partition coefficient (Wildman–Crippen LogP) is 12.1. The van der Waals surface area contributed by atoms with Gasteiger partial charge in [0.1, 0.15) is 0 Å². The fraction of sp³-hybridized carbons (Fsp3) is 1.00. The van der Waals surface area contributed by atoms with Gasteiger partial charge in [0.25, 0.3) is 0 Å². The zero-order chi connectivity index (χ0) is 31.3. The van der Waals surface area contributed by atoms with Gasteiger partial charge in [0.15, 0.2) is 0 Å². The number of hydrogen-bond donors (Lipinski definition) is 3. The first-order valence-electron chi connectivity index (χ1n) is 20.0. The van der Waals surface area contributed by atoms with E-state index in [1.54, 1.807) is 0 Å². The summed E-state index contributed by atoms with van der Waals surface area (Å²) in [6, 6.07) is 0. The Balaban J connectivity index is 3.28. The van der Waals surface area contributed by atoms with Crippen molar-refractivity contribution in [1.29, 1.82) is 0 Å². The van der Waals surface area contributed by atoms with Gasteiger partial charge < -0.3 is 15.3 Å². The van der Waals surface area contributed by atoms with Crippen LogP contribution in [0.3, 0.4) is 0 Å². The SMILES string of the molecule is CCCCCCCCC1CCCC(CCCCCCO)(CCCCCCO)C1(CCCCCCO)CCCCCCCC. The molecule has 3 N–H and O–H groups in total. The first kappa shape index (κ1) is 40.9. The molecular formula is C40H80O3. The van der Waals surface area contributed by atoms with Crippen molar-refractivity contribution < 1.29 is 15.3 Å². The van der Waals surface area contributed by atoms with Gasteiger partial charge in [0.05, 0.1) is 0 Å². The quantitative estimate of drug-likeness (QED) is 0.0666. The van der Waals surface area contributed by atoms with Crippen LogP contribution in [0.5, 0.6) is 0 Å². The highest BCUT2D eigenvalue weighted by atomic mass is 16.3. The normalized spacial score (nSPS) is 20.2. The van der Waals surface area contributed by atoms with Gasteiger partial charge in [-0.1, -0.05) is 155 Å². The maximum absolute atomic E-state index is 9.46. The number of aliphatic hydroxyl groups excluding tert-OH is 3. The first-order valence-corrected chi connectivity index (χ1v) is 20.0. The molecule has 3 heteroatoms. The van der Waals surface area contributed by atoms with Crippen LogP contribution in [0, 0.1) is 16.7 Å². The van der Waals surface area contributed by atoms with E-state index in [2.05, 4.69) is 13.8 Å². The summed E-state index contributed by atoms with van der Waals surface area (Å²) in [5.41, 5.74) is 0.948. The zero-order valence-corrected chi connectivity index (χ0v) is 29.7. The van der Waals surface area contributed by atoms with Gasteiger partial charge in [-0.05, 0) is 81.0 Å². The molecular weight excluding hydrogens is 528 g/mol. The summed E-state index contributed by atoms with van der Waals surface area (Å²) in [6.45, 7) is 5.68. The van der Waals surface area contributed by atoms with Crippen LogP contribution in [0.4, 0.5) is 0 Å². The Morgan fingerprint density at radius 3 is 1.26 bits per heavy atom. The Labute approximate surface area is 270 Å². The van der Waals surface area contributed by atoms with Crippen molar-refractivity contribution in [3.63, 3.8) is 0 Å². The topological polar surface area (TPSA) is 60.7 Å². The van der Waals surface area contributed by atoms with E-state index in [9.17, 15) is 15.3 Å². The Bertz CT molecular complexity index is 564. The van der Waals surface area contributed by atoms with Gasteiger partial charge in [-0.25, -0.2) is 0 Å². The molecule has 0 bridgehead atoms. The summed E-state index contributed by atoms with van der Waals surface area (Å²) in [6.07, 6.45) is 42.5. The second-order valence-corrected chi connectivity index (χ2v) is 14.8. The number of rotatable bonds is 32. The molecule has 2 atom stereocenters. The van der Waals surface area contributed by atoms with Gasteiger partial charge >= 0.3 is 0 Å². The van der Waals surface area contributed by atoms with Crippen molar-refractivity contribution >= 4 is 0 Å². The molecule has 1 aliphatic rings. The number of hydrogen-bond acceptors (Lipinski definition) is 3.